The lowest BCUT2D eigenvalue weighted by molar-refractivity contribution is 0.438. The Kier molecular flexibility index (Phi) is 3.58. The summed E-state index contributed by atoms with van der Waals surface area (Å²) in [6.07, 6.45) is 1.54. The molecule has 0 fully saturated rings. The predicted molar refractivity (Wildman–Crippen MR) is 68.1 cm³/mol. The highest BCUT2D eigenvalue weighted by molar-refractivity contribution is 5.34. The first-order valence-corrected chi connectivity index (χ1v) is 5.72. The van der Waals surface area contributed by atoms with E-state index in [-0.39, 0.29) is 17.6 Å². The van der Waals surface area contributed by atoms with Crippen molar-refractivity contribution >= 4 is 0 Å². The third kappa shape index (κ3) is 2.65. The molecule has 1 aromatic heterocycles. The van der Waals surface area contributed by atoms with E-state index in [1.54, 1.807) is 43.5 Å². The minimum atomic E-state index is -0.353. The predicted octanol–water partition coefficient (Wildman–Crippen LogP) is 3.34. The number of hydrogen-bond acceptors (Lipinski definition) is 3. The van der Waals surface area contributed by atoms with Gasteiger partial charge in [-0.1, -0.05) is 12.1 Å². The van der Waals surface area contributed by atoms with Gasteiger partial charge in [-0.2, -0.15) is 0 Å². The minimum Gasteiger partial charge on any atom is -0.453 e. The smallest absolute Gasteiger partial charge is 0.168 e. The number of nitrogens with zero attached hydrogens (tertiary/aromatic N) is 1. The van der Waals surface area contributed by atoms with Crippen LogP contribution in [-0.4, -0.2) is 4.98 Å². The van der Waals surface area contributed by atoms with Gasteiger partial charge in [0, 0.05) is 6.04 Å². The maximum atomic E-state index is 13.7. The second-order valence-corrected chi connectivity index (χ2v) is 4.20. The van der Waals surface area contributed by atoms with Crippen LogP contribution in [0.4, 0.5) is 4.39 Å². The maximum Gasteiger partial charge on any atom is 0.168 e. The molecule has 0 radical (unpaired) electrons. The van der Waals surface area contributed by atoms with Crippen LogP contribution in [0, 0.1) is 12.7 Å². The molecule has 0 unspecified atom stereocenters. The Balaban J connectivity index is 2.21. The van der Waals surface area contributed by atoms with Crippen molar-refractivity contribution in [1.29, 1.82) is 0 Å². The fourth-order valence-electron chi connectivity index (χ4n) is 1.55. The molecule has 94 valence electrons. The number of hydrogen-bond donors (Lipinski definition) is 1. The third-order valence-corrected chi connectivity index (χ3v) is 2.61. The van der Waals surface area contributed by atoms with Gasteiger partial charge in [-0.3, -0.25) is 4.98 Å². The van der Waals surface area contributed by atoms with Crippen molar-refractivity contribution in [3.8, 4) is 11.5 Å². The number of aryl methyl sites for hydroxylation is 1. The Morgan fingerprint density at radius 3 is 2.67 bits per heavy atom. The SMILES string of the molecule is Cc1cccc(Oc2ccc([C@H](C)N)nc2)c1F. The summed E-state index contributed by atoms with van der Waals surface area (Å²) in [4.78, 5) is 4.15. The Labute approximate surface area is 105 Å². The topological polar surface area (TPSA) is 48.1 Å². The summed E-state index contributed by atoms with van der Waals surface area (Å²) in [5.41, 5.74) is 7.02. The van der Waals surface area contributed by atoms with E-state index in [9.17, 15) is 4.39 Å². The molecule has 2 aromatic rings. The molecular formula is C14H15FN2O. The largest absolute Gasteiger partial charge is 0.453 e. The zero-order valence-electron chi connectivity index (χ0n) is 10.4. The van der Waals surface area contributed by atoms with Crippen LogP contribution in [0.25, 0.3) is 0 Å². The zero-order valence-corrected chi connectivity index (χ0v) is 10.4. The summed E-state index contributed by atoms with van der Waals surface area (Å²) in [6, 6.07) is 8.40. The second-order valence-electron chi connectivity index (χ2n) is 4.20. The normalized spacial score (nSPS) is 12.2. The molecule has 0 aliphatic carbocycles. The van der Waals surface area contributed by atoms with Gasteiger partial charge in [-0.05, 0) is 37.6 Å². The number of rotatable bonds is 3. The van der Waals surface area contributed by atoms with Gasteiger partial charge in [-0.15, -0.1) is 0 Å². The Hall–Kier alpha value is -1.94. The van der Waals surface area contributed by atoms with E-state index in [0.717, 1.165) is 5.69 Å². The molecule has 1 heterocycles. The molecule has 1 aromatic carbocycles. The van der Waals surface area contributed by atoms with E-state index in [0.29, 0.717) is 11.3 Å². The Morgan fingerprint density at radius 1 is 1.28 bits per heavy atom. The quantitative estimate of drug-likeness (QED) is 0.903. The van der Waals surface area contributed by atoms with Crippen molar-refractivity contribution in [3.05, 3.63) is 53.6 Å². The van der Waals surface area contributed by atoms with Crippen molar-refractivity contribution in [2.75, 3.05) is 0 Å². The first kappa shape index (κ1) is 12.5. The molecule has 0 aliphatic rings. The number of halogens is 1. The molecule has 3 nitrogen and oxygen atoms in total. The van der Waals surface area contributed by atoms with Gasteiger partial charge in [-0.25, -0.2) is 4.39 Å². The van der Waals surface area contributed by atoms with Crippen LogP contribution in [0.3, 0.4) is 0 Å². The summed E-state index contributed by atoms with van der Waals surface area (Å²) in [7, 11) is 0. The van der Waals surface area contributed by atoms with E-state index in [4.69, 9.17) is 10.5 Å². The lowest BCUT2D eigenvalue weighted by Crippen LogP contribution is -2.06. The zero-order chi connectivity index (χ0) is 13.1. The summed E-state index contributed by atoms with van der Waals surface area (Å²) in [6.45, 7) is 3.54. The van der Waals surface area contributed by atoms with Crippen LogP contribution in [0.1, 0.15) is 24.2 Å². The summed E-state index contributed by atoms with van der Waals surface area (Å²) in [5, 5.41) is 0. The number of aromatic nitrogens is 1. The fraction of sp³-hybridized carbons (Fsp3) is 0.214. The molecular weight excluding hydrogens is 231 g/mol. The molecule has 0 bridgehead atoms. The molecule has 0 saturated heterocycles. The third-order valence-electron chi connectivity index (χ3n) is 2.61. The van der Waals surface area contributed by atoms with E-state index in [1.165, 1.54) is 0 Å². The van der Waals surface area contributed by atoms with E-state index in [2.05, 4.69) is 4.98 Å². The number of nitrogens with two attached hydrogens (primary N) is 1. The molecule has 18 heavy (non-hydrogen) atoms. The first-order chi connectivity index (χ1) is 8.58. The summed E-state index contributed by atoms with van der Waals surface area (Å²) in [5.74, 6) is 0.336. The standard InChI is InChI=1S/C14H15FN2O/c1-9-4-3-5-13(14(9)15)18-11-6-7-12(10(2)16)17-8-11/h3-8,10H,16H2,1-2H3/t10-/m0/s1. The highest BCUT2D eigenvalue weighted by Crippen LogP contribution is 2.25. The van der Waals surface area contributed by atoms with Gasteiger partial charge >= 0.3 is 0 Å². The van der Waals surface area contributed by atoms with Crippen LogP contribution in [-0.2, 0) is 0 Å². The molecule has 0 amide bonds. The molecule has 0 aliphatic heterocycles. The Morgan fingerprint density at radius 2 is 2.06 bits per heavy atom. The average molecular weight is 246 g/mol. The Bertz CT molecular complexity index is 538. The lowest BCUT2D eigenvalue weighted by Gasteiger charge is -2.09. The maximum absolute atomic E-state index is 13.7. The van der Waals surface area contributed by atoms with E-state index >= 15 is 0 Å². The van der Waals surface area contributed by atoms with Crippen molar-refractivity contribution in [3.63, 3.8) is 0 Å². The molecule has 2 rings (SSSR count). The first-order valence-electron chi connectivity index (χ1n) is 5.72. The number of pyridine rings is 1. The van der Waals surface area contributed by atoms with E-state index < -0.39 is 0 Å². The van der Waals surface area contributed by atoms with Crippen LogP contribution in [0.2, 0.25) is 0 Å². The number of benzene rings is 1. The van der Waals surface area contributed by atoms with Crippen LogP contribution >= 0.6 is 0 Å². The average Bonchev–Trinajstić information content (AvgIpc) is 2.36. The van der Waals surface area contributed by atoms with Crippen molar-refractivity contribution in [1.82, 2.24) is 4.98 Å². The highest BCUT2D eigenvalue weighted by Gasteiger charge is 2.07. The van der Waals surface area contributed by atoms with Crippen molar-refractivity contribution < 1.29 is 9.13 Å². The summed E-state index contributed by atoms with van der Waals surface area (Å²) < 4.78 is 19.2. The van der Waals surface area contributed by atoms with Gasteiger partial charge in [0.25, 0.3) is 0 Å². The molecule has 1 atom stereocenters. The van der Waals surface area contributed by atoms with Crippen LogP contribution in [0.5, 0.6) is 11.5 Å². The van der Waals surface area contributed by atoms with Crippen molar-refractivity contribution in [2.24, 2.45) is 5.73 Å². The van der Waals surface area contributed by atoms with Crippen LogP contribution < -0.4 is 10.5 Å². The van der Waals surface area contributed by atoms with E-state index in [1.807, 2.05) is 6.92 Å². The molecule has 4 heteroatoms. The van der Waals surface area contributed by atoms with Gasteiger partial charge < -0.3 is 10.5 Å². The second kappa shape index (κ2) is 5.14. The minimum absolute atomic E-state index is 0.130. The molecule has 2 N–H and O–H groups in total. The van der Waals surface area contributed by atoms with Crippen molar-refractivity contribution in [2.45, 2.75) is 19.9 Å². The van der Waals surface area contributed by atoms with Gasteiger partial charge in [0.05, 0.1) is 11.9 Å². The summed E-state index contributed by atoms with van der Waals surface area (Å²) >= 11 is 0. The van der Waals surface area contributed by atoms with Gasteiger partial charge in [0.1, 0.15) is 5.75 Å². The van der Waals surface area contributed by atoms with Gasteiger partial charge in [0.15, 0.2) is 11.6 Å². The monoisotopic (exact) mass is 246 g/mol. The molecule has 0 spiro atoms. The fourth-order valence-corrected chi connectivity index (χ4v) is 1.55. The molecule has 0 saturated carbocycles. The lowest BCUT2D eigenvalue weighted by atomic mass is 10.2. The highest BCUT2D eigenvalue weighted by atomic mass is 19.1. The van der Waals surface area contributed by atoms with Crippen LogP contribution in [0.15, 0.2) is 36.5 Å². The van der Waals surface area contributed by atoms with Gasteiger partial charge in [0.2, 0.25) is 0 Å². The number of ether oxygens (including phenoxy) is 1.